The first-order chi connectivity index (χ1) is 10.3. The Morgan fingerprint density at radius 3 is 3.05 bits per heavy atom. The first-order valence-corrected chi connectivity index (χ1v) is 7.43. The van der Waals surface area contributed by atoms with Crippen molar-refractivity contribution >= 4 is 11.3 Å². The number of para-hydroxylation sites is 1. The van der Waals surface area contributed by atoms with Crippen molar-refractivity contribution < 1.29 is 9.26 Å². The highest BCUT2D eigenvalue weighted by molar-refractivity contribution is 7.09. The third kappa shape index (κ3) is 2.10. The van der Waals surface area contributed by atoms with E-state index in [1.54, 1.807) is 0 Å². The van der Waals surface area contributed by atoms with Crippen LogP contribution in [0.4, 0.5) is 0 Å². The zero-order chi connectivity index (χ0) is 14.2. The maximum Gasteiger partial charge on any atom is 0.277 e. The number of hydrogen-bond acceptors (Lipinski definition) is 7. The van der Waals surface area contributed by atoms with Crippen molar-refractivity contribution in [3.05, 3.63) is 46.0 Å². The van der Waals surface area contributed by atoms with Crippen molar-refractivity contribution in [1.82, 2.24) is 15.1 Å². The molecule has 1 atom stereocenters. The molecule has 0 bridgehead atoms. The predicted octanol–water partition coefficient (Wildman–Crippen LogP) is 2.18. The Labute approximate surface area is 124 Å². The first kappa shape index (κ1) is 12.5. The SMILES string of the molecule is NCc1nc(-c2nc(C3COc4ccccc43)no2)cs1. The lowest BCUT2D eigenvalue weighted by atomic mass is 10.0. The number of ether oxygens (including phenoxy) is 1. The number of thiazole rings is 1. The average Bonchev–Trinajstić information content (AvgIpc) is 3.24. The lowest BCUT2D eigenvalue weighted by Gasteiger charge is -2.01. The van der Waals surface area contributed by atoms with Crippen LogP contribution in [0.1, 0.15) is 22.3 Å². The molecule has 21 heavy (non-hydrogen) atoms. The van der Waals surface area contributed by atoms with Gasteiger partial charge in [0.1, 0.15) is 23.1 Å². The Balaban J connectivity index is 1.66. The van der Waals surface area contributed by atoms with Crippen molar-refractivity contribution in [3.8, 4) is 17.3 Å². The fourth-order valence-corrected chi connectivity index (χ4v) is 3.01. The number of benzene rings is 1. The lowest BCUT2D eigenvalue weighted by Crippen LogP contribution is -2.04. The van der Waals surface area contributed by atoms with E-state index in [1.165, 1.54) is 11.3 Å². The van der Waals surface area contributed by atoms with Gasteiger partial charge in [0.15, 0.2) is 5.82 Å². The van der Waals surface area contributed by atoms with Gasteiger partial charge in [-0.1, -0.05) is 23.4 Å². The van der Waals surface area contributed by atoms with Crippen LogP contribution in [-0.2, 0) is 6.54 Å². The quantitative estimate of drug-likeness (QED) is 0.797. The molecule has 2 aromatic heterocycles. The van der Waals surface area contributed by atoms with Gasteiger partial charge < -0.3 is 15.0 Å². The van der Waals surface area contributed by atoms with Gasteiger partial charge in [-0.05, 0) is 6.07 Å². The molecule has 0 radical (unpaired) electrons. The molecule has 0 amide bonds. The third-order valence-corrected chi connectivity index (χ3v) is 4.27. The molecule has 1 aliphatic rings. The molecule has 106 valence electrons. The van der Waals surface area contributed by atoms with Crippen LogP contribution in [0.2, 0.25) is 0 Å². The molecular formula is C14H12N4O2S. The van der Waals surface area contributed by atoms with Crippen LogP contribution in [0.25, 0.3) is 11.6 Å². The van der Waals surface area contributed by atoms with Crippen molar-refractivity contribution in [2.75, 3.05) is 6.61 Å². The van der Waals surface area contributed by atoms with Crippen molar-refractivity contribution in [1.29, 1.82) is 0 Å². The minimum Gasteiger partial charge on any atom is -0.492 e. The molecule has 4 rings (SSSR count). The smallest absolute Gasteiger partial charge is 0.277 e. The maximum absolute atomic E-state index is 5.65. The molecule has 0 saturated heterocycles. The van der Waals surface area contributed by atoms with Crippen LogP contribution >= 0.6 is 11.3 Å². The van der Waals surface area contributed by atoms with Gasteiger partial charge in [-0.2, -0.15) is 4.98 Å². The summed E-state index contributed by atoms with van der Waals surface area (Å²) in [4.78, 5) is 8.80. The van der Waals surface area contributed by atoms with Crippen molar-refractivity contribution in [2.24, 2.45) is 5.73 Å². The second-order valence-corrected chi connectivity index (χ2v) is 5.63. The summed E-state index contributed by atoms with van der Waals surface area (Å²) in [5, 5.41) is 6.80. The molecule has 1 aromatic carbocycles. The highest BCUT2D eigenvalue weighted by Gasteiger charge is 2.29. The van der Waals surface area contributed by atoms with Crippen LogP contribution in [0.3, 0.4) is 0 Å². The summed E-state index contributed by atoms with van der Waals surface area (Å²) in [6.07, 6.45) is 0. The minimum absolute atomic E-state index is 0.00585. The van der Waals surface area contributed by atoms with E-state index in [0.29, 0.717) is 30.6 Å². The molecule has 1 aliphatic heterocycles. The summed E-state index contributed by atoms with van der Waals surface area (Å²) in [7, 11) is 0. The average molecular weight is 300 g/mol. The Morgan fingerprint density at radius 1 is 1.29 bits per heavy atom. The van der Waals surface area contributed by atoms with E-state index in [1.807, 2.05) is 29.6 Å². The van der Waals surface area contributed by atoms with Crippen molar-refractivity contribution in [3.63, 3.8) is 0 Å². The fraction of sp³-hybridized carbons (Fsp3) is 0.214. The number of aromatic nitrogens is 3. The number of hydrogen-bond donors (Lipinski definition) is 1. The van der Waals surface area contributed by atoms with Gasteiger partial charge >= 0.3 is 0 Å². The van der Waals surface area contributed by atoms with Crippen LogP contribution < -0.4 is 10.5 Å². The maximum atomic E-state index is 5.65. The number of nitrogens with two attached hydrogens (primary N) is 1. The van der Waals surface area contributed by atoms with E-state index >= 15 is 0 Å². The molecule has 3 heterocycles. The Hall–Kier alpha value is -2.25. The van der Waals surface area contributed by atoms with Gasteiger partial charge in [-0.3, -0.25) is 0 Å². The van der Waals surface area contributed by atoms with E-state index in [0.717, 1.165) is 16.3 Å². The summed E-state index contributed by atoms with van der Waals surface area (Å²) in [6, 6.07) is 7.91. The highest BCUT2D eigenvalue weighted by atomic mass is 32.1. The molecule has 6 nitrogen and oxygen atoms in total. The van der Waals surface area contributed by atoms with E-state index in [-0.39, 0.29) is 5.92 Å². The molecule has 1 unspecified atom stereocenters. The van der Waals surface area contributed by atoms with Gasteiger partial charge in [-0.25, -0.2) is 4.98 Å². The van der Waals surface area contributed by atoms with Crippen LogP contribution in [0.5, 0.6) is 5.75 Å². The van der Waals surface area contributed by atoms with Gasteiger partial charge in [0, 0.05) is 17.5 Å². The standard InChI is InChI=1S/C14H12N4O2S/c15-5-12-16-10(7-21-12)14-17-13(18-20-14)9-6-19-11-4-2-1-3-8(9)11/h1-4,7,9H,5-6,15H2. The summed E-state index contributed by atoms with van der Waals surface area (Å²) in [5.41, 5.74) is 7.33. The fourth-order valence-electron chi connectivity index (χ4n) is 2.36. The molecular weight excluding hydrogens is 288 g/mol. The van der Waals surface area contributed by atoms with Crippen LogP contribution in [0, 0.1) is 0 Å². The second kappa shape index (κ2) is 4.94. The Kier molecular flexibility index (Phi) is 2.94. The summed E-state index contributed by atoms with van der Waals surface area (Å²) in [5.74, 6) is 1.93. The summed E-state index contributed by atoms with van der Waals surface area (Å²) < 4.78 is 11.0. The molecule has 0 aliphatic carbocycles. The normalized spacial score (nSPS) is 16.7. The zero-order valence-corrected chi connectivity index (χ0v) is 11.8. The van der Waals surface area contributed by atoms with Gasteiger partial charge in [-0.15, -0.1) is 11.3 Å². The zero-order valence-electron chi connectivity index (χ0n) is 11.0. The van der Waals surface area contributed by atoms with E-state index < -0.39 is 0 Å². The van der Waals surface area contributed by atoms with Crippen LogP contribution in [-0.4, -0.2) is 21.7 Å². The number of nitrogens with zero attached hydrogens (tertiary/aromatic N) is 3. The topological polar surface area (TPSA) is 87.1 Å². The number of fused-ring (bicyclic) bond motifs is 1. The Bertz CT molecular complexity index is 783. The van der Waals surface area contributed by atoms with E-state index in [4.69, 9.17) is 15.0 Å². The molecule has 0 saturated carbocycles. The summed E-state index contributed by atoms with van der Waals surface area (Å²) >= 11 is 1.49. The van der Waals surface area contributed by atoms with Crippen molar-refractivity contribution in [2.45, 2.75) is 12.5 Å². The molecule has 3 aromatic rings. The monoisotopic (exact) mass is 300 g/mol. The van der Waals surface area contributed by atoms with Gasteiger partial charge in [0.2, 0.25) is 0 Å². The van der Waals surface area contributed by atoms with Gasteiger partial charge in [0.25, 0.3) is 5.89 Å². The Morgan fingerprint density at radius 2 is 2.19 bits per heavy atom. The largest absolute Gasteiger partial charge is 0.492 e. The van der Waals surface area contributed by atoms with Gasteiger partial charge in [0.05, 0.1) is 5.92 Å². The molecule has 0 fully saturated rings. The molecule has 0 spiro atoms. The number of rotatable bonds is 3. The second-order valence-electron chi connectivity index (χ2n) is 4.69. The third-order valence-electron chi connectivity index (χ3n) is 3.40. The first-order valence-electron chi connectivity index (χ1n) is 6.55. The molecule has 7 heteroatoms. The van der Waals surface area contributed by atoms with E-state index in [2.05, 4.69) is 15.1 Å². The summed E-state index contributed by atoms with van der Waals surface area (Å²) in [6.45, 7) is 0.943. The molecule has 2 N–H and O–H groups in total. The lowest BCUT2D eigenvalue weighted by molar-refractivity contribution is 0.334. The highest BCUT2D eigenvalue weighted by Crippen LogP contribution is 2.37. The predicted molar refractivity (Wildman–Crippen MR) is 77.1 cm³/mol. The van der Waals surface area contributed by atoms with E-state index in [9.17, 15) is 0 Å². The minimum atomic E-state index is 0.00585. The van der Waals surface area contributed by atoms with Crippen LogP contribution in [0.15, 0.2) is 34.2 Å².